The number of ether oxygens (including phenoxy) is 1. The quantitative estimate of drug-likeness (QED) is 0.432. The second kappa shape index (κ2) is 8.86. The molecular formula is C22H24N2O5. The van der Waals surface area contributed by atoms with Gasteiger partial charge >= 0.3 is 5.97 Å². The normalized spacial score (nSPS) is 15.6. The van der Waals surface area contributed by atoms with Crippen LogP contribution in [0.25, 0.3) is 0 Å². The number of nitro benzene ring substituents is 1. The third-order valence-corrected chi connectivity index (χ3v) is 5.33. The SMILES string of the molecule is Cc1ccccc1C(=O)N1CCC(C(=O)O[C@H](C)c2cccc([N+](=O)[O-])c2)CC1. The van der Waals surface area contributed by atoms with Crippen LogP contribution >= 0.6 is 0 Å². The largest absolute Gasteiger partial charge is 0.458 e. The molecule has 0 N–H and O–H groups in total. The van der Waals surface area contributed by atoms with Crippen molar-refractivity contribution in [2.45, 2.75) is 32.8 Å². The third kappa shape index (κ3) is 4.80. The Morgan fingerprint density at radius 2 is 1.83 bits per heavy atom. The molecule has 7 heteroatoms. The van der Waals surface area contributed by atoms with Crippen molar-refractivity contribution in [1.29, 1.82) is 0 Å². The standard InChI is InChI=1S/C22H24N2O5/c1-15-6-3-4-9-20(15)21(25)23-12-10-17(11-13-23)22(26)29-16(2)18-7-5-8-19(14-18)24(27)28/h3-9,14,16-17H,10-13H2,1-2H3/t16-/m1/s1. The summed E-state index contributed by atoms with van der Waals surface area (Å²) in [5, 5.41) is 10.9. The molecule has 7 nitrogen and oxygen atoms in total. The molecule has 3 rings (SSSR count). The van der Waals surface area contributed by atoms with Crippen LogP contribution in [0, 0.1) is 23.0 Å². The maximum atomic E-state index is 12.7. The molecule has 1 aliphatic rings. The van der Waals surface area contributed by atoms with E-state index in [4.69, 9.17) is 4.74 Å². The van der Waals surface area contributed by atoms with Gasteiger partial charge in [0.1, 0.15) is 6.10 Å². The number of amides is 1. The number of carbonyl (C=O) groups excluding carboxylic acids is 2. The van der Waals surface area contributed by atoms with Crippen LogP contribution in [0.5, 0.6) is 0 Å². The van der Waals surface area contributed by atoms with Crippen LogP contribution in [0.1, 0.15) is 47.4 Å². The minimum absolute atomic E-state index is 0.0140. The first kappa shape index (κ1) is 20.5. The Morgan fingerprint density at radius 3 is 2.48 bits per heavy atom. The Labute approximate surface area is 169 Å². The average molecular weight is 396 g/mol. The van der Waals surface area contributed by atoms with E-state index in [1.165, 1.54) is 12.1 Å². The zero-order valence-electron chi connectivity index (χ0n) is 16.5. The molecule has 0 spiro atoms. The summed E-state index contributed by atoms with van der Waals surface area (Å²) in [5.41, 5.74) is 2.17. The minimum atomic E-state index is -0.575. The van der Waals surface area contributed by atoms with E-state index in [2.05, 4.69) is 0 Å². The monoisotopic (exact) mass is 396 g/mol. The average Bonchev–Trinajstić information content (AvgIpc) is 2.73. The number of hydrogen-bond acceptors (Lipinski definition) is 5. The minimum Gasteiger partial charge on any atom is -0.458 e. The van der Waals surface area contributed by atoms with Crippen LogP contribution in [-0.2, 0) is 9.53 Å². The van der Waals surface area contributed by atoms with Gasteiger partial charge in [-0.25, -0.2) is 0 Å². The Morgan fingerprint density at radius 1 is 1.14 bits per heavy atom. The molecule has 0 radical (unpaired) electrons. The highest BCUT2D eigenvalue weighted by Gasteiger charge is 2.30. The lowest BCUT2D eigenvalue weighted by molar-refractivity contribution is -0.385. The number of esters is 1. The summed E-state index contributed by atoms with van der Waals surface area (Å²) in [7, 11) is 0. The topological polar surface area (TPSA) is 89.8 Å². The van der Waals surface area contributed by atoms with Crippen LogP contribution < -0.4 is 0 Å². The van der Waals surface area contributed by atoms with E-state index < -0.39 is 11.0 Å². The van der Waals surface area contributed by atoms with Crippen molar-refractivity contribution in [3.63, 3.8) is 0 Å². The van der Waals surface area contributed by atoms with E-state index in [1.807, 2.05) is 31.2 Å². The number of rotatable bonds is 5. The number of nitro groups is 1. The molecule has 1 saturated heterocycles. The van der Waals surface area contributed by atoms with Crippen molar-refractivity contribution in [3.05, 3.63) is 75.3 Å². The van der Waals surface area contributed by atoms with E-state index in [0.717, 1.165) is 5.56 Å². The lowest BCUT2D eigenvalue weighted by Crippen LogP contribution is -2.41. The van der Waals surface area contributed by atoms with Crippen molar-refractivity contribution >= 4 is 17.6 Å². The van der Waals surface area contributed by atoms with Gasteiger partial charge in [0.05, 0.1) is 10.8 Å². The molecule has 0 saturated carbocycles. The second-order valence-electron chi connectivity index (χ2n) is 7.31. The molecule has 0 bridgehead atoms. The Bertz CT molecular complexity index is 919. The zero-order valence-corrected chi connectivity index (χ0v) is 16.5. The molecule has 0 aliphatic carbocycles. The van der Waals surface area contributed by atoms with E-state index >= 15 is 0 Å². The van der Waals surface area contributed by atoms with Gasteiger partial charge in [0, 0.05) is 30.8 Å². The fourth-order valence-electron chi connectivity index (χ4n) is 3.53. The van der Waals surface area contributed by atoms with E-state index in [9.17, 15) is 19.7 Å². The predicted octanol–water partition coefficient (Wildman–Crippen LogP) is 4.06. The van der Waals surface area contributed by atoms with E-state index in [-0.39, 0.29) is 23.5 Å². The number of hydrogen-bond donors (Lipinski definition) is 0. The van der Waals surface area contributed by atoms with Crippen molar-refractivity contribution in [2.75, 3.05) is 13.1 Å². The van der Waals surface area contributed by atoms with Gasteiger partial charge in [0.15, 0.2) is 0 Å². The molecule has 1 aliphatic heterocycles. The van der Waals surface area contributed by atoms with Gasteiger partial charge in [-0.2, -0.15) is 0 Å². The first-order valence-electron chi connectivity index (χ1n) is 9.66. The molecule has 0 aromatic heterocycles. The highest BCUT2D eigenvalue weighted by molar-refractivity contribution is 5.95. The smallest absolute Gasteiger partial charge is 0.309 e. The maximum Gasteiger partial charge on any atom is 0.309 e. The van der Waals surface area contributed by atoms with Crippen LogP contribution in [0.15, 0.2) is 48.5 Å². The summed E-state index contributed by atoms with van der Waals surface area (Å²) in [5.74, 6) is -0.621. The van der Waals surface area contributed by atoms with Crippen LogP contribution in [0.3, 0.4) is 0 Å². The van der Waals surface area contributed by atoms with Gasteiger partial charge in [-0.15, -0.1) is 0 Å². The van der Waals surface area contributed by atoms with Gasteiger partial charge in [0.2, 0.25) is 0 Å². The van der Waals surface area contributed by atoms with Gasteiger partial charge < -0.3 is 9.64 Å². The summed E-state index contributed by atoms with van der Waals surface area (Å²) in [6.45, 7) is 4.61. The predicted molar refractivity (Wildman–Crippen MR) is 107 cm³/mol. The molecule has 2 aromatic rings. The first-order valence-corrected chi connectivity index (χ1v) is 9.66. The highest BCUT2D eigenvalue weighted by Crippen LogP contribution is 2.26. The van der Waals surface area contributed by atoms with Crippen LogP contribution in [-0.4, -0.2) is 34.8 Å². The number of nitrogens with zero attached hydrogens (tertiary/aromatic N) is 2. The molecule has 1 fully saturated rings. The lowest BCUT2D eigenvalue weighted by Gasteiger charge is -2.31. The van der Waals surface area contributed by atoms with Crippen LogP contribution in [0.4, 0.5) is 5.69 Å². The van der Waals surface area contributed by atoms with Crippen LogP contribution in [0.2, 0.25) is 0 Å². The van der Waals surface area contributed by atoms with E-state index in [0.29, 0.717) is 37.1 Å². The molecule has 2 aromatic carbocycles. The van der Waals surface area contributed by atoms with Crippen molar-refractivity contribution < 1.29 is 19.2 Å². The maximum absolute atomic E-state index is 12.7. The fourth-order valence-corrected chi connectivity index (χ4v) is 3.53. The Balaban J connectivity index is 1.56. The summed E-state index contributed by atoms with van der Waals surface area (Å²) >= 11 is 0. The number of carbonyl (C=O) groups is 2. The van der Waals surface area contributed by atoms with Crippen molar-refractivity contribution in [2.24, 2.45) is 5.92 Å². The second-order valence-corrected chi connectivity index (χ2v) is 7.31. The van der Waals surface area contributed by atoms with E-state index in [1.54, 1.807) is 24.0 Å². The highest BCUT2D eigenvalue weighted by atomic mass is 16.6. The number of benzene rings is 2. The molecule has 152 valence electrons. The summed E-state index contributed by atoms with van der Waals surface area (Å²) in [6.07, 6.45) is 0.505. The van der Waals surface area contributed by atoms with Gasteiger partial charge in [0.25, 0.3) is 11.6 Å². The molecule has 29 heavy (non-hydrogen) atoms. The van der Waals surface area contributed by atoms with Gasteiger partial charge in [-0.1, -0.05) is 30.3 Å². The summed E-state index contributed by atoms with van der Waals surface area (Å²) in [6, 6.07) is 13.6. The summed E-state index contributed by atoms with van der Waals surface area (Å²) < 4.78 is 5.55. The third-order valence-electron chi connectivity index (χ3n) is 5.33. The number of aryl methyl sites for hydroxylation is 1. The van der Waals surface area contributed by atoms with Crippen molar-refractivity contribution in [1.82, 2.24) is 4.90 Å². The van der Waals surface area contributed by atoms with Crippen molar-refractivity contribution in [3.8, 4) is 0 Å². The summed E-state index contributed by atoms with van der Waals surface area (Å²) in [4.78, 5) is 37.5. The molecule has 0 unspecified atom stereocenters. The molecule has 1 atom stereocenters. The molecule has 1 amide bonds. The zero-order chi connectivity index (χ0) is 21.0. The molecular weight excluding hydrogens is 372 g/mol. The van der Waals surface area contributed by atoms with Gasteiger partial charge in [-0.05, 0) is 43.9 Å². The fraction of sp³-hybridized carbons (Fsp3) is 0.364. The lowest BCUT2D eigenvalue weighted by atomic mass is 9.96. The Kier molecular flexibility index (Phi) is 6.26. The number of piperidine rings is 1. The van der Waals surface area contributed by atoms with Gasteiger partial charge in [-0.3, -0.25) is 19.7 Å². The first-order chi connectivity index (χ1) is 13.9. The Hall–Kier alpha value is -3.22. The number of non-ortho nitro benzene ring substituents is 1. The number of likely N-dealkylation sites (tertiary alicyclic amines) is 1. The molecule has 1 heterocycles.